The maximum atomic E-state index is 11.3. The van der Waals surface area contributed by atoms with Crippen molar-refractivity contribution in [3.05, 3.63) is 0 Å². The van der Waals surface area contributed by atoms with Gasteiger partial charge in [0.15, 0.2) is 26.3 Å². The van der Waals surface area contributed by atoms with Gasteiger partial charge in [0.05, 0.1) is 6.61 Å². The molecule has 24 heavy (non-hydrogen) atoms. The van der Waals surface area contributed by atoms with E-state index in [2.05, 4.69) is 33.9 Å². The second kappa shape index (κ2) is 7.51. The van der Waals surface area contributed by atoms with Gasteiger partial charge in [0.2, 0.25) is 6.29 Å². The average Bonchev–Trinajstić information content (AvgIpc) is 2.67. The van der Waals surface area contributed by atoms with Crippen LogP contribution in [0.25, 0.3) is 0 Å². The van der Waals surface area contributed by atoms with Crippen LogP contribution in [0.4, 0.5) is 0 Å². The highest BCUT2D eigenvalue weighted by Crippen LogP contribution is 2.37. The summed E-state index contributed by atoms with van der Waals surface area (Å²) in [5.74, 6) is -1.45. The van der Waals surface area contributed by atoms with E-state index in [9.17, 15) is 9.59 Å². The van der Waals surface area contributed by atoms with Crippen molar-refractivity contribution in [2.24, 2.45) is 0 Å². The first kappa shape index (κ1) is 21.1. The van der Waals surface area contributed by atoms with E-state index < -0.39 is 38.6 Å². The molecule has 1 aliphatic heterocycles. The standard InChI is InChI=1S/C16H30O7Si/c1-11(18)21-14-13(22-16(5,6)23-14)12(19-10-17)9-20-24(7,8)15(2,3)4/h10,12-14H,9H2,1-8H3/t12-,13+,14-/m0/s1. The molecule has 0 radical (unpaired) electrons. The highest BCUT2D eigenvalue weighted by atomic mass is 28.4. The van der Waals surface area contributed by atoms with Crippen LogP contribution in [0.2, 0.25) is 18.1 Å². The molecule has 0 aromatic carbocycles. The summed E-state index contributed by atoms with van der Waals surface area (Å²) in [4.78, 5) is 22.2. The highest BCUT2D eigenvalue weighted by molar-refractivity contribution is 6.74. The Morgan fingerprint density at radius 2 is 1.88 bits per heavy atom. The molecule has 0 amide bonds. The van der Waals surface area contributed by atoms with Crippen molar-refractivity contribution in [2.75, 3.05) is 6.61 Å². The molecule has 8 heteroatoms. The summed E-state index contributed by atoms with van der Waals surface area (Å²) in [5.41, 5.74) is 0. The lowest BCUT2D eigenvalue weighted by molar-refractivity contribution is -0.196. The Morgan fingerprint density at radius 3 is 2.33 bits per heavy atom. The summed E-state index contributed by atoms with van der Waals surface area (Å²) >= 11 is 0. The zero-order valence-electron chi connectivity index (χ0n) is 15.9. The molecule has 0 unspecified atom stereocenters. The third-order valence-corrected chi connectivity index (χ3v) is 8.88. The Kier molecular flexibility index (Phi) is 6.60. The van der Waals surface area contributed by atoms with Crippen LogP contribution >= 0.6 is 0 Å². The predicted octanol–water partition coefficient (Wildman–Crippen LogP) is 2.59. The first-order valence-corrected chi connectivity index (χ1v) is 11.0. The van der Waals surface area contributed by atoms with Gasteiger partial charge in [-0.2, -0.15) is 0 Å². The van der Waals surface area contributed by atoms with Crippen molar-refractivity contribution in [1.29, 1.82) is 0 Å². The minimum Gasteiger partial charge on any atom is -0.459 e. The Bertz CT molecular complexity index is 456. The molecule has 1 fully saturated rings. The molecule has 7 nitrogen and oxygen atoms in total. The minimum absolute atomic E-state index is 0.0142. The van der Waals surface area contributed by atoms with Crippen LogP contribution in [0.3, 0.4) is 0 Å². The van der Waals surface area contributed by atoms with Crippen LogP contribution in [0.1, 0.15) is 41.5 Å². The molecule has 140 valence electrons. The average molecular weight is 362 g/mol. The third kappa shape index (κ3) is 5.54. The summed E-state index contributed by atoms with van der Waals surface area (Å²) < 4.78 is 27.8. The van der Waals surface area contributed by atoms with E-state index in [4.69, 9.17) is 23.4 Å². The fourth-order valence-corrected chi connectivity index (χ4v) is 3.07. The molecule has 0 aliphatic carbocycles. The molecular weight excluding hydrogens is 332 g/mol. The molecule has 1 heterocycles. The smallest absolute Gasteiger partial charge is 0.305 e. The lowest BCUT2D eigenvalue weighted by Gasteiger charge is -2.37. The molecule has 0 spiro atoms. The van der Waals surface area contributed by atoms with Crippen LogP contribution in [-0.2, 0) is 33.0 Å². The quantitative estimate of drug-likeness (QED) is 0.391. The van der Waals surface area contributed by atoms with Gasteiger partial charge in [0, 0.05) is 6.92 Å². The maximum absolute atomic E-state index is 11.3. The SMILES string of the molecule is CC(=O)O[C@H]1OC(C)(C)O[C@@H]1[C@H](CO[Si](C)(C)C(C)(C)C)OC=O. The number of esters is 1. The fraction of sp³-hybridized carbons (Fsp3) is 0.875. The number of carbonyl (C=O) groups is 2. The van der Waals surface area contributed by atoms with Crippen LogP contribution in [-0.4, -0.2) is 51.7 Å². The second-order valence-electron chi connectivity index (χ2n) is 7.92. The zero-order chi connectivity index (χ0) is 18.8. The molecule has 0 bridgehead atoms. The first-order valence-electron chi connectivity index (χ1n) is 8.05. The Morgan fingerprint density at radius 1 is 1.29 bits per heavy atom. The van der Waals surface area contributed by atoms with Gasteiger partial charge in [-0.05, 0) is 32.0 Å². The monoisotopic (exact) mass is 362 g/mol. The van der Waals surface area contributed by atoms with E-state index in [-0.39, 0.29) is 11.6 Å². The van der Waals surface area contributed by atoms with Crippen molar-refractivity contribution in [2.45, 2.75) is 84.0 Å². The van der Waals surface area contributed by atoms with E-state index in [0.717, 1.165) is 0 Å². The number of ether oxygens (including phenoxy) is 4. The number of hydrogen-bond donors (Lipinski definition) is 0. The highest BCUT2D eigenvalue weighted by Gasteiger charge is 2.49. The maximum Gasteiger partial charge on any atom is 0.305 e. The second-order valence-corrected chi connectivity index (χ2v) is 12.7. The topological polar surface area (TPSA) is 80.3 Å². The molecule has 3 atom stereocenters. The van der Waals surface area contributed by atoms with Crippen molar-refractivity contribution in [3.8, 4) is 0 Å². The fourth-order valence-electron chi connectivity index (χ4n) is 2.05. The summed E-state index contributed by atoms with van der Waals surface area (Å²) in [6, 6.07) is 0. The summed E-state index contributed by atoms with van der Waals surface area (Å²) in [7, 11) is -2.04. The van der Waals surface area contributed by atoms with Gasteiger partial charge in [-0.25, -0.2) is 0 Å². The normalized spacial score (nSPS) is 25.2. The van der Waals surface area contributed by atoms with Crippen LogP contribution < -0.4 is 0 Å². The minimum atomic E-state index is -2.04. The number of rotatable bonds is 7. The lowest BCUT2D eigenvalue weighted by atomic mass is 10.2. The van der Waals surface area contributed by atoms with Gasteiger partial charge >= 0.3 is 5.97 Å². The van der Waals surface area contributed by atoms with Crippen LogP contribution in [0.15, 0.2) is 0 Å². The largest absolute Gasteiger partial charge is 0.459 e. The van der Waals surface area contributed by atoms with Gasteiger partial charge in [0.1, 0.15) is 0 Å². The molecule has 0 aromatic heterocycles. The molecule has 0 aromatic rings. The van der Waals surface area contributed by atoms with Crippen LogP contribution in [0.5, 0.6) is 0 Å². The molecule has 1 rings (SSSR count). The summed E-state index contributed by atoms with van der Waals surface area (Å²) in [5, 5.41) is 0.0142. The number of carbonyl (C=O) groups excluding carboxylic acids is 2. The van der Waals surface area contributed by atoms with E-state index >= 15 is 0 Å². The lowest BCUT2D eigenvalue weighted by Crippen LogP contribution is -2.47. The van der Waals surface area contributed by atoms with E-state index in [1.165, 1.54) is 6.92 Å². The Balaban J connectivity index is 2.89. The number of hydrogen-bond acceptors (Lipinski definition) is 7. The molecular formula is C16H30O7Si. The van der Waals surface area contributed by atoms with Gasteiger partial charge in [-0.3, -0.25) is 9.59 Å². The van der Waals surface area contributed by atoms with Crippen molar-refractivity contribution >= 4 is 20.8 Å². The summed E-state index contributed by atoms with van der Waals surface area (Å²) in [6.45, 7) is 15.8. The third-order valence-electron chi connectivity index (χ3n) is 4.38. The van der Waals surface area contributed by atoms with Crippen molar-refractivity contribution in [3.63, 3.8) is 0 Å². The van der Waals surface area contributed by atoms with Crippen molar-refractivity contribution in [1.82, 2.24) is 0 Å². The van der Waals surface area contributed by atoms with Gasteiger partial charge < -0.3 is 23.4 Å². The molecule has 1 saturated heterocycles. The van der Waals surface area contributed by atoms with Gasteiger partial charge in [-0.1, -0.05) is 20.8 Å². The zero-order valence-corrected chi connectivity index (χ0v) is 16.9. The Labute approximate surface area is 145 Å². The molecule has 1 aliphatic rings. The molecule has 0 saturated carbocycles. The van der Waals surface area contributed by atoms with Crippen LogP contribution in [0, 0.1) is 0 Å². The van der Waals surface area contributed by atoms with Crippen molar-refractivity contribution < 1.29 is 33.0 Å². The predicted molar refractivity (Wildman–Crippen MR) is 89.7 cm³/mol. The van der Waals surface area contributed by atoms with E-state index in [0.29, 0.717) is 6.47 Å². The van der Waals surface area contributed by atoms with Gasteiger partial charge in [0.25, 0.3) is 6.47 Å². The van der Waals surface area contributed by atoms with E-state index in [1.807, 2.05) is 0 Å². The molecule has 0 N–H and O–H groups in total. The van der Waals surface area contributed by atoms with Gasteiger partial charge in [-0.15, -0.1) is 0 Å². The first-order chi connectivity index (χ1) is 10.8. The summed E-state index contributed by atoms with van der Waals surface area (Å²) in [6.07, 6.45) is -2.44. The Hall–Kier alpha value is -0.963. The van der Waals surface area contributed by atoms with E-state index in [1.54, 1.807) is 13.8 Å².